The van der Waals surface area contributed by atoms with E-state index in [0.717, 1.165) is 12.1 Å². The summed E-state index contributed by atoms with van der Waals surface area (Å²) in [6.45, 7) is 2.33. The van der Waals surface area contributed by atoms with Crippen molar-refractivity contribution in [2.75, 3.05) is 36.5 Å². The number of carbonyl (C=O) groups excluding carboxylic acids is 1. The minimum Gasteiger partial charge on any atom is -0.378 e. The average Bonchev–Trinajstić information content (AvgIpc) is 3.45. The quantitative estimate of drug-likeness (QED) is 0.207. The van der Waals surface area contributed by atoms with E-state index in [9.17, 15) is 26.7 Å². The number of anilines is 2. The summed E-state index contributed by atoms with van der Waals surface area (Å²) < 4.78 is 73.5. The van der Waals surface area contributed by atoms with Crippen LogP contribution in [0.25, 0.3) is 16.9 Å². The summed E-state index contributed by atoms with van der Waals surface area (Å²) >= 11 is 0. The molecule has 0 atom stereocenters. The number of nitrogens with zero attached hydrogens (tertiary/aromatic N) is 5. The Morgan fingerprint density at radius 3 is 2.28 bits per heavy atom. The van der Waals surface area contributed by atoms with Crippen LogP contribution in [0.2, 0.25) is 0 Å². The van der Waals surface area contributed by atoms with Crippen LogP contribution in [0.15, 0.2) is 54.6 Å². The highest BCUT2D eigenvalue weighted by molar-refractivity contribution is 5.78. The van der Waals surface area contributed by atoms with Crippen molar-refractivity contribution in [1.82, 2.24) is 30.2 Å². The van der Waals surface area contributed by atoms with Gasteiger partial charge >= 0.3 is 12.2 Å². The number of fused-ring (bicyclic) bond motifs is 1. The van der Waals surface area contributed by atoms with E-state index in [1.165, 1.54) is 16.7 Å². The van der Waals surface area contributed by atoms with Crippen LogP contribution in [0.1, 0.15) is 49.1 Å². The van der Waals surface area contributed by atoms with Crippen LogP contribution in [-0.2, 0) is 17.5 Å². The molecule has 2 aromatic heterocycles. The molecule has 2 fully saturated rings. The van der Waals surface area contributed by atoms with E-state index >= 15 is 0 Å². The molecule has 1 saturated carbocycles. The van der Waals surface area contributed by atoms with Gasteiger partial charge in [-0.25, -0.2) is 18.6 Å². The van der Waals surface area contributed by atoms with E-state index in [4.69, 9.17) is 9.72 Å². The summed E-state index contributed by atoms with van der Waals surface area (Å²) in [5, 5.41) is 9.02. The zero-order valence-electron chi connectivity index (χ0n) is 24.7. The molecule has 3 heterocycles. The molecule has 6 rings (SSSR count). The number of imidazole rings is 1. The van der Waals surface area contributed by atoms with Gasteiger partial charge in [0.25, 0.3) is 6.43 Å². The van der Waals surface area contributed by atoms with Crippen molar-refractivity contribution in [3.05, 3.63) is 71.5 Å². The van der Waals surface area contributed by atoms with Crippen molar-refractivity contribution in [2.24, 2.45) is 0 Å². The first kappa shape index (κ1) is 31.5. The molecule has 0 spiro atoms. The molecule has 2 aromatic carbocycles. The first-order chi connectivity index (χ1) is 22.1. The Hall–Kier alpha value is -4.53. The van der Waals surface area contributed by atoms with Gasteiger partial charge in [0.2, 0.25) is 5.95 Å². The van der Waals surface area contributed by atoms with Gasteiger partial charge in [0.05, 0.1) is 29.8 Å². The summed E-state index contributed by atoms with van der Waals surface area (Å²) in [7, 11) is 0. The summed E-state index contributed by atoms with van der Waals surface area (Å²) in [6, 6.07) is 12.8. The molecule has 0 bridgehead atoms. The van der Waals surface area contributed by atoms with Crippen molar-refractivity contribution < 1.29 is 31.5 Å². The third kappa shape index (κ3) is 7.30. The Morgan fingerprint density at radius 2 is 1.59 bits per heavy atom. The maximum absolute atomic E-state index is 14.2. The van der Waals surface area contributed by atoms with Crippen LogP contribution in [-0.4, -0.2) is 63.9 Å². The topological polar surface area (TPSA) is 109 Å². The van der Waals surface area contributed by atoms with Crippen molar-refractivity contribution in [3.63, 3.8) is 0 Å². The van der Waals surface area contributed by atoms with Gasteiger partial charge in [-0.15, -0.1) is 0 Å². The van der Waals surface area contributed by atoms with Crippen molar-refractivity contribution in [3.8, 4) is 5.82 Å². The van der Waals surface area contributed by atoms with E-state index in [1.54, 1.807) is 30.3 Å². The fraction of sp³-hybridized carbons (Fsp3) is 0.419. The van der Waals surface area contributed by atoms with Crippen LogP contribution in [0.3, 0.4) is 0 Å². The number of halogens is 5. The fourth-order valence-corrected chi connectivity index (χ4v) is 5.78. The third-order valence-corrected chi connectivity index (χ3v) is 8.18. The number of urea groups is 1. The number of hydrogen-bond donors (Lipinski definition) is 3. The van der Waals surface area contributed by atoms with Crippen LogP contribution >= 0.6 is 0 Å². The van der Waals surface area contributed by atoms with Crippen molar-refractivity contribution >= 4 is 28.8 Å². The van der Waals surface area contributed by atoms with Gasteiger partial charge < -0.3 is 25.6 Å². The molecule has 1 saturated heterocycles. The zero-order valence-corrected chi connectivity index (χ0v) is 24.7. The number of alkyl halides is 5. The molecule has 1 aliphatic carbocycles. The number of benzene rings is 2. The Labute approximate surface area is 261 Å². The predicted molar refractivity (Wildman–Crippen MR) is 161 cm³/mol. The third-order valence-electron chi connectivity index (χ3n) is 8.18. The van der Waals surface area contributed by atoms with Gasteiger partial charge in [-0.2, -0.15) is 23.1 Å². The molecule has 244 valence electrons. The maximum atomic E-state index is 14.2. The van der Waals surface area contributed by atoms with Gasteiger partial charge in [-0.1, -0.05) is 24.3 Å². The zero-order chi connectivity index (χ0) is 32.3. The molecule has 0 radical (unpaired) electrons. The van der Waals surface area contributed by atoms with E-state index < -0.39 is 30.0 Å². The van der Waals surface area contributed by atoms with E-state index in [2.05, 4.69) is 25.9 Å². The number of morpholine rings is 1. The van der Waals surface area contributed by atoms with E-state index in [-0.39, 0.29) is 24.4 Å². The average molecular weight is 645 g/mol. The highest BCUT2D eigenvalue weighted by Gasteiger charge is 2.30. The second-order valence-electron chi connectivity index (χ2n) is 11.3. The second-order valence-corrected chi connectivity index (χ2v) is 11.3. The standard InChI is InChI=1S/C31H33F5N8O2/c32-27(33)28-40-23-3-1-2-4-24(23)44(28)26-17-25(43-13-15-46-16-14-43)41-29(42-26)38-21-9-11-22(12-10-21)39-30(45)37-18-19-5-7-20(8-6-19)31(34,35)36/h1-8,17,21-22,27H,9-16,18H2,(H2,37,39,45)(H,38,41,42). The second kappa shape index (κ2) is 13.4. The molecule has 10 nitrogen and oxygen atoms in total. The lowest BCUT2D eigenvalue weighted by atomic mass is 9.91. The number of para-hydroxylation sites is 2. The summed E-state index contributed by atoms with van der Waals surface area (Å²) in [5.41, 5.74) is 0.763. The minimum atomic E-state index is -4.41. The Morgan fingerprint density at radius 1 is 0.913 bits per heavy atom. The summed E-state index contributed by atoms with van der Waals surface area (Å²) in [5.74, 6) is 0.779. The van der Waals surface area contributed by atoms with E-state index in [1.807, 2.05) is 4.90 Å². The van der Waals surface area contributed by atoms with Crippen molar-refractivity contribution in [2.45, 2.75) is 56.9 Å². The number of rotatable bonds is 8. The normalized spacial score (nSPS) is 19.0. The molecule has 0 unspecified atom stereocenters. The maximum Gasteiger partial charge on any atom is 0.416 e. The first-order valence-electron chi connectivity index (χ1n) is 15.1. The van der Waals surface area contributed by atoms with Gasteiger partial charge in [-0.3, -0.25) is 4.57 Å². The molecule has 1 aliphatic heterocycles. The summed E-state index contributed by atoms with van der Waals surface area (Å²) in [6.07, 6.45) is -4.50. The highest BCUT2D eigenvalue weighted by Crippen LogP contribution is 2.31. The summed E-state index contributed by atoms with van der Waals surface area (Å²) in [4.78, 5) is 28.1. The lowest BCUT2D eigenvalue weighted by molar-refractivity contribution is -0.137. The monoisotopic (exact) mass is 644 g/mol. The fourth-order valence-electron chi connectivity index (χ4n) is 5.78. The number of amides is 2. The predicted octanol–water partition coefficient (Wildman–Crippen LogP) is 5.83. The molecule has 2 amide bonds. The lowest BCUT2D eigenvalue weighted by Gasteiger charge is -2.31. The van der Waals surface area contributed by atoms with Gasteiger partial charge in [0.15, 0.2) is 5.82 Å². The molecule has 46 heavy (non-hydrogen) atoms. The number of ether oxygens (including phenoxy) is 1. The number of hydrogen-bond acceptors (Lipinski definition) is 7. The highest BCUT2D eigenvalue weighted by atomic mass is 19.4. The smallest absolute Gasteiger partial charge is 0.378 e. The minimum absolute atomic E-state index is 0.0184. The first-order valence-corrected chi connectivity index (χ1v) is 15.1. The van der Waals surface area contributed by atoms with Gasteiger partial charge in [0.1, 0.15) is 11.6 Å². The molecular formula is C31H33F5N8O2. The Bertz CT molecular complexity index is 1650. The van der Waals surface area contributed by atoms with Gasteiger partial charge in [0, 0.05) is 37.8 Å². The van der Waals surface area contributed by atoms with Crippen LogP contribution in [0.4, 0.5) is 38.5 Å². The van der Waals surface area contributed by atoms with Crippen molar-refractivity contribution in [1.29, 1.82) is 0 Å². The number of aromatic nitrogens is 4. The SMILES string of the molecule is O=C(NCc1ccc(C(F)(F)F)cc1)NC1CCC(Nc2nc(N3CCOCC3)cc(-n3c(C(F)F)nc4ccccc43)n2)CC1. The Kier molecular flexibility index (Phi) is 9.20. The largest absolute Gasteiger partial charge is 0.416 e. The molecule has 15 heteroatoms. The molecule has 3 N–H and O–H groups in total. The Balaban J connectivity index is 1.11. The number of carbonyl (C=O) groups is 1. The van der Waals surface area contributed by atoms with Crippen LogP contribution in [0, 0.1) is 0 Å². The lowest BCUT2D eigenvalue weighted by Crippen LogP contribution is -2.44. The van der Waals surface area contributed by atoms with Crippen LogP contribution < -0.4 is 20.9 Å². The molecular weight excluding hydrogens is 611 g/mol. The van der Waals surface area contributed by atoms with Gasteiger partial charge in [-0.05, 0) is 55.5 Å². The molecule has 4 aromatic rings. The molecule has 2 aliphatic rings. The van der Waals surface area contributed by atoms with Crippen LogP contribution in [0.5, 0.6) is 0 Å². The van der Waals surface area contributed by atoms with E-state index in [0.29, 0.717) is 80.3 Å². The number of nitrogens with one attached hydrogen (secondary N) is 3.